The summed E-state index contributed by atoms with van der Waals surface area (Å²) < 4.78 is 0. The molecule has 3 heteroatoms. The fourth-order valence-electron chi connectivity index (χ4n) is 0.464. The van der Waals surface area contributed by atoms with Gasteiger partial charge in [-0.15, -0.1) is 0 Å². The van der Waals surface area contributed by atoms with E-state index in [1.807, 2.05) is 0 Å². The van der Waals surface area contributed by atoms with E-state index in [1.165, 1.54) is 0 Å². The molecular weight excluding hydrogens is 132 g/mol. The average molecular weight is 146 g/mol. The molecule has 0 bridgehead atoms. The van der Waals surface area contributed by atoms with Gasteiger partial charge < -0.3 is 15.3 Å². The molecule has 0 aromatic rings. The molecule has 0 aromatic carbocycles. The molecule has 3 N–H and O–H groups in total. The molecule has 0 rings (SSSR count). The molecule has 3 nitrogen and oxygen atoms in total. The molecule has 0 saturated heterocycles. The highest BCUT2D eigenvalue weighted by Gasteiger charge is 2.25. The van der Waals surface area contributed by atoms with E-state index in [9.17, 15) is 0 Å². The van der Waals surface area contributed by atoms with Gasteiger partial charge in [-0.1, -0.05) is 13.5 Å². The fourth-order valence-corrected chi connectivity index (χ4v) is 0.464. The Bertz CT molecular complexity index is 116. The zero-order chi connectivity index (χ0) is 8.20. The normalized spacial score (nSPS) is 11.6. The molecule has 0 heterocycles. The maximum atomic E-state index is 8.75. The minimum atomic E-state index is -0.741. The van der Waals surface area contributed by atoms with Crippen molar-refractivity contribution < 1.29 is 15.3 Å². The summed E-state index contributed by atoms with van der Waals surface area (Å²) >= 11 is 0. The van der Waals surface area contributed by atoms with E-state index in [2.05, 4.69) is 6.58 Å². The molecule has 0 fully saturated rings. The summed E-state index contributed by atoms with van der Waals surface area (Å²) in [5, 5.41) is 26.1. The van der Waals surface area contributed by atoms with Crippen LogP contribution in [0.25, 0.3) is 0 Å². The van der Waals surface area contributed by atoms with Gasteiger partial charge in [0.2, 0.25) is 0 Å². The van der Waals surface area contributed by atoms with Crippen molar-refractivity contribution in [1.29, 1.82) is 0 Å². The van der Waals surface area contributed by atoms with Gasteiger partial charge in [0.15, 0.2) is 0 Å². The average Bonchev–Trinajstić information content (AvgIpc) is 2.01. The van der Waals surface area contributed by atoms with E-state index in [-0.39, 0.29) is 19.8 Å². The first kappa shape index (κ1) is 9.62. The van der Waals surface area contributed by atoms with Crippen LogP contribution in [0.3, 0.4) is 0 Å². The second-order valence-corrected chi connectivity index (χ2v) is 2.64. The molecule has 0 saturated carbocycles. The fraction of sp³-hybridized carbons (Fsp3) is 0.714. The first-order valence-corrected chi connectivity index (χ1v) is 3.11. The van der Waals surface area contributed by atoms with Gasteiger partial charge in [-0.2, -0.15) is 0 Å². The van der Waals surface area contributed by atoms with Crippen molar-refractivity contribution in [1.82, 2.24) is 0 Å². The van der Waals surface area contributed by atoms with Crippen LogP contribution in [-0.4, -0.2) is 35.1 Å². The Labute approximate surface area is 60.6 Å². The van der Waals surface area contributed by atoms with E-state index < -0.39 is 5.41 Å². The van der Waals surface area contributed by atoms with Crippen LogP contribution in [0.15, 0.2) is 12.2 Å². The lowest BCUT2D eigenvalue weighted by Crippen LogP contribution is -2.29. The molecule has 0 aliphatic rings. The minimum Gasteiger partial charge on any atom is -0.395 e. The molecule has 10 heavy (non-hydrogen) atoms. The standard InChI is InChI=1S/C7H14O3/c1-6(3-8)7(2,4-9)5-10/h8-10H,1,3-5H2,2H3. The van der Waals surface area contributed by atoms with Crippen LogP contribution in [-0.2, 0) is 0 Å². The quantitative estimate of drug-likeness (QED) is 0.470. The second-order valence-electron chi connectivity index (χ2n) is 2.64. The topological polar surface area (TPSA) is 60.7 Å². The van der Waals surface area contributed by atoms with E-state index >= 15 is 0 Å². The van der Waals surface area contributed by atoms with Crippen molar-refractivity contribution in [2.24, 2.45) is 5.41 Å². The van der Waals surface area contributed by atoms with Crippen molar-refractivity contribution in [3.63, 3.8) is 0 Å². The van der Waals surface area contributed by atoms with Gasteiger partial charge in [0.1, 0.15) is 0 Å². The van der Waals surface area contributed by atoms with Crippen molar-refractivity contribution in [3.05, 3.63) is 12.2 Å². The minimum absolute atomic E-state index is 0.192. The smallest absolute Gasteiger partial charge is 0.0646 e. The predicted octanol–water partition coefficient (Wildman–Crippen LogP) is -0.474. The summed E-state index contributed by atoms with van der Waals surface area (Å²) in [5.41, 5.74) is -0.285. The molecule has 0 unspecified atom stereocenters. The summed E-state index contributed by atoms with van der Waals surface area (Å²) in [6.45, 7) is 4.58. The number of aliphatic hydroxyl groups excluding tert-OH is 3. The monoisotopic (exact) mass is 146 g/mol. The van der Waals surface area contributed by atoms with E-state index in [0.717, 1.165) is 0 Å². The van der Waals surface area contributed by atoms with E-state index in [0.29, 0.717) is 5.57 Å². The van der Waals surface area contributed by atoms with Gasteiger partial charge in [-0.05, 0) is 5.57 Å². The van der Waals surface area contributed by atoms with Gasteiger partial charge in [0, 0.05) is 5.41 Å². The first-order chi connectivity index (χ1) is 4.60. The first-order valence-electron chi connectivity index (χ1n) is 3.11. The van der Waals surface area contributed by atoms with Crippen molar-refractivity contribution >= 4 is 0 Å². The molecule has 0 amide bonds. The van der Waals surface area contributed by atoms with Gasteiger partial charge in [0.25, 0.3) is 0 Å². The summed E-state index contributed by atoms with van der Waals surface area (Å²) in [6, 6.07) is 0. The van der Waals surface area contributed by atoms with Crippen molar-refractivity contribution in [3.8, 4) is 0 Å². The Morgan fingerprint density at radius 3 is 1.80 bits per heavy atom. The van der Waals surface area contributed by atoms with Gasteiger partial charge in [-0.25, -0.2) is 0 Å². The molecule has 60 valence electrons. The molecule has 0 radical (unpaired) electrons. The summed E-state index contributed by atoms with van der Waals surface area (Å²) in [5.74, 6) is 0. The van der Waals surface area contributed by atoms with Crippen LogP contribution < -0.4 is 0 Å². The molecule has 0 atom stereocenters. The molecule has 0 aliphatic heterocycles. The Morgan fingerprint density at radius 2 is 1.70 bits per heavy atom. The lowest BCUT2D eigenvalue weighted by atomic mass is 9.85. The van der Waals surface area contributed by atoms with Gasteiger partial charge in [-0.3, -0.25) is 0 Å². The number of hydrogen-bond donors (Lipinski definition) is 3. The van der Waals surface area contributed by atoms with Crippen molar-refractivity contribution in [2.75, 3.05) is 19.8 Å². The van der Waals surface area contributed by atoms with Crippen LogP contribution in [0.2, 0.25) is 0 Å². The number of rotatable bonds is 4. The highest BCUT2D eigenvalue weighted by atomic mass is 16.3. The zero-order valence-electron chi connectivity index (χ0n) is 6.17. The maximum Gasteiger partial charge on any atom is 0.0646 e. The van der Waals surface area contributed by atoms with Crippen molar-refractivity contribution in [2.45, 2.75) is 6.92 Å². The Morgan fingerprint density at radius 1 is 1.30 bits per heavy atom. The maximum absolute atomic E-state index is 8.75. The van der Waals surface area contributed by atoms with Crippen LogP contribution in [0.5, 0.6) is 0 Å². The van der Waals surface area contributed by atoms with Gasteiger partial charge in [0.05, 0.1) is 19.8 Å². The highest BCUT2D eigenvalue weighted by Crippen LogP contribution is 2.22. The van der Waals surface area contributed by atoms with Crippen LogP contribution >= 0.6 is 0 Å². The SMILES string of the molecule is C=C(CO)C(C)(CO)CO. The number of aliphatic hydroxyl groups is 3. The third-order valence-electron chi connectivity index (χ3n) is 1.74. The molecule has 0 aliphatic carbocycles. The van der Waals surface area contributed by atoms with Gasteiger partial charge >= 0.3 is 0 Å². The second kappa shape index (κ2) is 3.71. The van der Waals surface area contributed by atoms with E-state index in [4.69, 9.17) is 15.3 Å². The Balaban J connectivity index is 4.17. The summed E-state index contributed by atoms with van der Waals surface area (Å²) in [6.07, 6.45) is 0. The third-order valence-corrected chi connectivity index (χ3v) is 1.74. The predicted molar refractivity (Wildman–Crippen MR) is 38.5 cm³/mol. The van der Waals surface area contributed by atoms with Crippen LogP contribution in [0, 0.1) is 5.41 Å². The Kier molecular flexibility index (Phi) is 3.57. The lowest BCUT2D eigenvalue weighted by molar-refractivity contribution is 0.0891. The summed E-state index contributed by atoms with van der Waals surface area (Å²) in [4.78, 5) is 0. The van der Waals surface area contributed by atoms with E-state index in [1.54, 1.807) is 6.92 Å². The largest absolute Gasteiger partial charge is 0.395 e. The lowest BCUT2D eigenvalue weighted by Gasteiger charge is -2.25. The third kappa shape index (κ3) is 1.80. The number of hydrogen-bond acceptors (Lipinski definition) is 3. The molecule has 0 aromatic heterocycles. The zero-order valence-corrected chi connectivity index (χ0v) is 6.17. The molecule has 0 spiro atoms. The highest BCUT2D eigenvalue weighted by molar-refractivity contribution is 5.08. The van der Waals surface area contributed by atoms with Crippen LogP contribution in [0.4, 0.5) is 0 Å². The summed E-state index contributed by atoms with van der Waals surface area (Å²) in [7, 11) is 0. The van der Waals surface area contributed by atoms with Crippen LogP contribution in [0.1, 0.15) is 6.92 Å². The molecular formula is C7H14O3. The Hall–Kier alpha value is -0.380.